The van der Waals surface area contributed by atoms with E-state index >= 15 is 0 Å². The third-order valence-electron chi connectivity index (χ3n) is 5.90. The largest absolute Gasteiger partial charge is 0.450 e. The Bertz CT molecular complexity index is 1190. The van der Waals surface area contributed by atoms with Crippen LogP contribution in [0.15, 0.2) is 60.0 Å². The first-order valence-electron chi connectivity index (χ1n) is 11.9. The van der Waals surface area contributed by atoms with Crippen LogP contribution >= 0.6 is 0 Å². The second-order valence-electron chi connectivity index (χ2n) is 8.30. The molecule has 1 atom stereocenters. The van der Waals surface area contributed by atoms with E-state index in [1.165, 1.54) is 0 Å². The Morgan fingerprint density at radius 3 is 2.64 bits per heavy atom. The molecule has 0 spiro atoms. The number of guanidine groups is 1. The minimum Gasteiger partial charge on any atom is -0.450 e. The normalized spacial score (nSPS) is 16.1. The molecule has 36 heavy (non-hydrogen) atoms. The highest BCUT2D eigenvalue weighted by atomic mass is 16.5. The summed E-state index contributed by atoms with van der Waals surface area (Å²) in [4.78, 5) is 31.9. The number of ether oxygens (including phenoxy) is 2. The van der Waals surface area contributed by atoms with E-state index in [1.54, 1.807) is 39.5 Å². The summed E-state index contributed by atoms with van der Waals surface area (Å²) in [6.45, 7) is 4.76. The highest BCUT2D eigenvalue weighted by molar-refractivity contribution is 6.04. The number of benzene rings is 1. The maximum Gasteiger partial charge on any atom is 0.413 e. The summed E-state index contributed by atoms with van der Waals surface area (Å²) in [5.41, 5.74) is 4.42. The zero-order chi connectivity index (χ0) is 25.3. The summed E-state index contributed by atoms with van der Waals surface area (Å²) in [5.74, 6) is 0.793. The summed E-state index contributed by atoms with van der Waals surface area (Å²) in [5, 5.41) is 5.75. The Kier molecular flexibility index (Phi) is 8.53. The van der Waals surface area contributed by atoms with Gasteiger partial charge in [-0.15, -0.1) is 0 Å². The smallest absolute Gasteiger partial charge is 0.413 e. The van der Waals surface area contributed by atoms with Crippen molar-refractivity contribution in [3.05, 3.63) is 60.7 Å². The molecule has 3 heterocycles. The topological polar surface area (TPSA) is 114 Å². The van der Waals surface area contributed by atoms with E-state index in [1.807, 2.05) is 24.4 Å². The summed E-state index contributed by atoms with van der Waals surface area (Å²) < 4.78 is 10.4. The van der Waals surface area contributed by atoms with Gasteiger partial charge in [-0.2, -0.15) is 0 Å². The Morgan fingerprint density at radius 1 is 1.17 bits per heavy atom. The molecular weight excluding hydrogens is 458 g/mol. The first kappa shape index (κ1) is 25.2. The molecule has 0 bridgehead atoms. The Labute approximate surface area is 210 Å². The van der Waals surface area contributed by atoms with Gasteiger partial charge in [-0.05, 0) is 43.2 Å². The van der Waals surface area contributed by atoms with E-state index < -0.39 is 6.09 Å². The number of likely N-dealkylation sites (tertiary alicyclic amines) is 1. The van der Waals surface area contributed by atoms with Gasteiger partial charge in [0.05, 0.1) is 24.1 Å². The van der Waals surface area contributed by atoms with Crippen LogP contribution in [-0.4, -0.2) is 71.9 Å². The molecule has 1 aliphatic rings. The van der Waals surface area contributed by atoms with Crippen LogP contribution in [0.5, 0.6) is 0 Å². The number of aliphatic imine (C=N–C) groups is 1. The number of aromatic nitrogens is 3. The number of nitrogens with zero attached hydrogens (tertiary/aromatic N) is 5. The summed E-state index contributed by atoms with van der Waals surface area (Å²) >= 11 is 0. The van der Waals surface area contributed by atoms with E-state index in [4.69, 9.17) is 14.5 Å². The number of alkyl carbamates (subject to hydrolysis) is 1. The highest BCUT2D eigenvalue weighted by Gasteiger charge is 2.22. The van der Waals surface area contributed by atoms with E-state index in [0.717, 1.165) is 48.4 Å². The van der Waals surface area contributed by atoms with Crippen LogP contribution in [0, 0.1) is 0 Å². The van der Waals surface area contributed by atoms with Crippen LogP contribution in [0.4, 0.5) is 10.5 Å². The van der Waals surface area contributed by atoms with Gasteiger partial charge in [-0.1, -0.05) is 12.1 Å². The van der Waals surface area contributed by atoms with Crippen molar-refractivity contribution in [3.63, 3.8) is 0 Å². The molecule has 0 unspecified atom stereocenters. The van der Waals surface area contributed by atoms with Gasteiger partial charge < -0.3 is 14.8 Å². The quantitative estimate of drug-likeness (QED) is 0.383. The van der Waals surface area contributed by atoms with Crippen molar-refractivity contribution in [2.45, 2.75) is 26.0 Å². The van der Waals surface area contributed by atoms with Crippen molar-refractivity contribution in [2.24, 2.45) is 4.99 Å². The Morgan fingerprint density at radius 2 is 1.97 bits per heavy atom. The minimum atomic E-state index is -0.586. The van der Waals surface area contributed by atoms with E-state index in [-0.39, 0.29) is 12.6 Å². The van der Waals surface area contributed by atoms with Crippen LogP contribution in [0.2, 0.25) is 0 Å². The fourth-order valence-corrected chi connectivity index (χ4v) is 4.04. The van der Waals surface area contributed by atoms with Crippen molar-refractivity contribution in [3.8, 4) is 22.5 Å². The number of rotatable bonds is 7. The van der Waals surface area contributed by atoms with Gasteiger partial charge in [-0.3, -0.25) is 20.2 Å². The molecule has 3 aromatic rings. The first-order chi connectivity index (χ1) is 17.6. The molecule has 0 saturated carbocycles. The Balaban J connectivity index is 1.56. The van der Waals surface area contributed by atoms with Crippen molar-refractivity contribution in [2.75, 3.05) is 39.2 Å². The van der Waals surface area contributed by atoms with Crippen LogP contribution in [0.1, 0.15) is 19.0 Å². The lowest BCUT2D eigenvalue weighted by Gasteiger charge is -2.16. The van der Waals surface area contributed by atoms with Crippen molar-refractivity contribution >= 4 is 17.7 Å². The number of nitrogens with one attached hydrogen (secondary N) is 2. The zero-order valence-corrected chi connectivity index (χ0v) is 20.8. The van der Waals surface area contributed by atoms with Crippen molar-refractivity contribution < 1.29 is 14.3 Å². The lowest BCUT2D eigenvalue weighted by Crippen LogP contribution is -2.36. The van der Waals surface area contributed by atoms with Gasteiger partial charge in [0.25, 0.3) is 0 Å². The molecule has 188 valence electrons. The lowest BCUT2D eigenvalue weighted by atomic mass is 10.0. The maximum atomic E-state index is 11.9. The summed E-state index contributed by atoms with van der Waals surface area (Å²) in [6.07, 6.45) is 6.04. The highest BCUT2D eigenvalue weighted by Crippen LogP contribution is 2.31. The number of anilines is 1. The molecule has 4 rings (SSSR count). The molecule has 1 fully saturated rings. The van der Waals surface area contributed by atoms with Crippen LogP contribution < -0.4 is 10.6 Å². The number of hydrogen-bond acceptors (Lipinski definition) is 8. The Hall–Kier alpha value is -3.89. The summed E-state index contributed by atoms with van der Waals surface area (Å²) in [6, 6.07) is 11.8. The standard InChI is InChI=1S/C26H31N7O3/c1-4-36-26(34)32-25(27-2)31-23-9-7-18(14-22(23)24-28-11-5-12-29-24)19-6-8-20(30-15-19)16-33-13-10-21(17-33)35-3/h5-9,11-12,14-15,21H,4,10,13,16-17H2,1-3H3,(H2,27,31,32,34)/t21-/m0/s1. The minimum absolute atomic E-state index is 0.252. The third-order valence-corrected chi connectivity index (χ3v) is 5.90. The predicted octanol–water partition coefficient (Wildman–Crippen LogP) is 3.57. The number of carbonyl (C=O) groups is 1. The molecule has 0 aliphatic carbocycles. The molecule has 10 nitrogen and oxygen atoms in total. The van der Waals surface area contributed by atoms with Gasteiger partial charge in [-0.25, -0.2) is 14.8 Å². The molecule has 1 saturated heterocycles. The second-order valence-corrected chi connectivity index (χ2v) is 8.30. The van der Waals surface area contributed by atoms with Gasteiger partial charge >= 0.3 is 6.09 Å². The molecule has 1 aliphatic heterocycles. The molecule has 0 radical (unpaired) electrons. The van der Waals surface area contributed by atoms with Crippen LogP contribution in [0.25, 0.3) is 22.5 Å². The van der Waals surface area contributed by atoms with Crippen LogP contribution in [-0.2, 0) is 16.0 Å². The molecule has 1 aromatic carbocycles. The maximum absolute atomic E-state index is 11.9. The van der Waals surface area contributed by atoms with Gasteiger partial charge in [0.1, 0.15) is 0 Å². The summed E-state index contributed by atoms with van der Waals surface area (Å²) in [7, 11) is 3.34. The molecule has 10 heteroatoms. The number of hydrogen-bond donors (Lipinski definition) is 2. The van der Waals surface area contributed by atoms with Crippen LogP contribution in [0.3, 0.4) is 0 Å². The second kappa shape index (κ2) is 12.2. The fourth-order valence-electron chi connectivity index (χ4n) is 4.04. The molecular formula is C26H31N7O3. The SMILES string of the molecule is CCOC(=O)NC(=NC)Nc1ccc(-c2ccc(CN3CC[C@H](OC)C3)nc2)cc1-c1ncccn1. The van der Waals surface area contributed by atoms with Gasteiger partial charge in [0, 0.05) is 63.5 Å². The van der Waals surface area contributed by atoms with E-state index in [2.05, 4.69) is 42.6 Å². The monoisotopic (exact) mass is 489 g/mol. The third kappa shape index (κ3) is 6.41. The number of amides is 1. The van der Waals surface area contributed by atoms with Gasteiger partial charge in [0.2, 0.25) is 5.96 Å². The molecule has 1 amide bonds. The molecule has 2 aromatic heterocycles. The lowest BCUT2D eigenvalue weighted by molar-refractivity contribution is 0.107. The number of methoxy groups -OCH3 is 1. The van der Waals surface area contributed by atoms with Crippen molar-refractivity contribution in [1.29, 1.82) is 0 Å². The zero-order valence-electron chi connectivity index (χ0n) is 20.8. The van der Waals surface area contributed by atoms with E-state index in [0.29, 0.717) is 17.6 Å². The number of pyridine rings is 1. The average molecular weight is 490 g/mol. The first-order valence-corrected chi connectivity index (χ1v) is 11.9. The fraction of sp³-hybridized carbons (Fsp3) is 0.346. The number of carbonyl (C=O) groups excluding carboxylic acids is 1. The van der Waals surface area contributed by atoms with Crippen molar-refractivity contribution in [1.82, 2.24) is 25.2 Å². The van der Waals surface area contributed by atoms with E-state index in [9.17, 15) is 4.79 Å². The van der Waals surface area contributed by atoms with Gasteiger partial charge in [0.15, 0.2) is 5.82 Å². The molecule has 2 N–H and O–H groups in total. The average Bonchev–Trinajstić information content (AvgIpc) is 3.37. The predicted molar refractivity (Wildman–Crippen MR) is 139 cm³/mol.